The Morgan fingerprint density at radius 3 is 2.79 bits per heavy atom. The fourth-order valence-electron chi connectivity index (χ4n) is 5.01. The maximum Gasteiger partial charge on any atom is 0.223 e. The van der Waals surface area contributed by atoms with E-state index in [4.69, 9.17) is 9.26 Å². The van der Waals surface area contributed by atoms with Crippen molar-refractivity contribution in [3.8, 4) is 5.75 Å². The van der Waals surface area contributed by atoms with E-state index in [-0.39, 0.29) is 5.91 Å². The lowest BCUT2D eigenvalue weighted by molar-refractivity contribution is -0.133. The standard InChI is InChI=1S/C27H31N3O3/c31-27(30-13-11-20-6-4-5-7-22(20)18-30)15-21-10-12-28-17-23(21)14-24-16-26(33-29-24)19-32-25-8-2-1-3-9-25/h1-9,16,21,23,28H,10-15,17-19H2. The fraction of sp³-hybridized carbons (Fsp3) is 0.407. The number of hydrogen-bond donors (Lipinski definition) is 1. The molecular formula is C27H31N3O3. The lowest BCUT2D eigenvalue weighted by atomic mass is 9.81. The van der Waals surface area contributed by atoms with Crippen LogP contribution in [0.2, 0.25) is 0 Å². The molecule has 3 heterocycles. The number of rotatable bonds is 7. The van der Waals surface area contributed by atoms with Gasteiger partial charge in [0.1, 0.15) is 12.4 Å². The molecule has 0 radical (unpaired) electrons. The van der Waals surface area contributed by atoms with E-state index in [2.05, 4.69) is 34.7 Å². The van der Waals surface area contributed by atoms with Gasteiger partial charge in [-0.15, -0.1) is 0 Å². The molecule has 2 atom stereocenters. The van der Waals surface area contributed by atoms with Gasteiger partial charge in [0.25, 0.3) is 0 Å². The number of ether oxygens (including phenoxy) is 1. The third-order valence-electron chi connectivity index (χ3n) is 6.89. The van der Waals surface area contributed by atoms with Crippen molar-refractivity contribution < 1.29 is 14.1 Å². The van der Waals surface area contributed by atoms with Gasteiger partial charge in [0.15, 0.2) is 5.76 Å². The molecule has 1 amide bonds. The van der Waals surface area contributed by atoms with E-state index in [0.717, 1.165) is 62.6 Å². The number of hydrogen-bond acceptors (Lipinski definition) is 5. The second kappa shape index (κ2) is 10.2. The highest BCUT2D eigenvalue weighted by molar-refractivity contribution is 5.76. The largest absolute Gasteiger partial charge is 0.486 e. The van der Waals surface area contributed by atoms with E-state index in [1.54, 1.807) is 0 Å². The first-order chi connectivity index (χ1) is 16.2. The van der Waals surface area contributed by atoms with Crippen molar-refractivity contribution in [2.45, 2.75) is 38.8 Å². The number of benzene rings is 2. The van der Waals surface area contributed by atoms with Gasteiger partial charge >= 0.3 is 0 Å². The Kier molecular flexibility index (Phi) is 6.72. The quantitative estimate of drug-likeness (QED) is 0.596. The Bertz CT molecular complexity index is 1070. The minimum Gasteiger partial charge on any atom is -0.486 e. The zero-order valence-electron chi connectivity index (χ0n) is 18.9. The average molecular weight is 446 g/mol. The van der Waals surface area contributed by atoms with Crippen molar-refractivity contribution in [3.63, 3.8) is 0 Å². The van der Waals surface area contributed by atoms with Gasteiger partial charge < -0.3 is 19.5 Å². The molecule has 2 aromatic carbocycles. The maximum absolute atomic E-state index is 13.2. The zero-order chi connectivity index (χ0) is 22.5. The minimum atomic E-state index is 0.276. The number of fused-ring (bicyclic) bond motifs is 1. The molecule has 3 aromatic rings. The molecule has 2 aliphatic heterocycles. The molecule has 1 fully saturated rings. The zero-order valence-corrected chi connectivity index (χ0v) is 18.9. The molecule has 0 bridgehead atoms. The summed E-state index contributed by atoms with van der Waals surface area (Å²) in [6.07, 6.45) is 3.38. The first kappa shape index (κ1) is 21.7. The predicted molar refractivity (Wildman–Crippen MR) is 126 cm³/mol. The number of carbonyl (C=O) groups is 1. The van der Waals surface area contributed by atoms with Crippen molar-refractivity contribution in [2.75, 3.05) is 19.6 Å². The third kappa shape index (κ3) is 5.45. The van der Waals surface area contributed by atoms with Crippen molar-refractivity contribution >= 4 is 5.91 Å². The van der Waals surface area contributed by atoms with Crippen LogP contribution in [0.15, 0.2) is 65.2 Å². The second-order valence-corrected chi connectivity index (χ2v) is 9.14. The van der Waals surface area contributed by atoms with Gasteiger partial charge in [-0.2, -0.15) is 0 Å². The Labute approximate surface area is 194 Å². The number of piperidine rings is 1. The molecule has 6 nitrogen and oxygen atoms in total. The molecule has 2 aliphatic rings. The van der Waals surface area contributed by atoms with Crippen LogP contribution in [0.5, 0.6) is 5.75 Å². The minimum absolute atomic E-state index is 0.276. The Balaban J connectivity index is 1.16. The van der Waals surface area contributed by atoms with Crippen LogP contribution in [0.4, 0.5) is 0 Å². The molecule has 1 saturated heterocycles. The van der Waals surface area contributed by atoms with Gasteiger partial charge in [-0.1, -0.05) is 47.6 Å². The summed E-state index contributed by atoms with van der Waals surface area (Å²) in [7, 11) is 0. The molecule has 172 valence electrons. The van der Waals surface area contributed by atoms with E-state index in [1.807, 2.05) is 41.3 Å². The van der Waals surface area contributed by atoms with E-state index < -0.39 is 0 Å². The van der Waals surface area contributed by atoms with Gasteiger partial charge in [-0.3, -0.25) is 4.79 Å². The van der Waals surface area contributed by atoms with Crippen LogP contribution < -0.4 is 10.1 Å². The van der Waals surface area contributed by atoms with Gasteiger partial charge in [-0.25, -0.2) is 0 Å². The summed E-state index contributed by atoms with van der Waals surface area (Å²) in [6.45, 7) is 3.78. The summed E-state index contributed by atoms with van der Waals surface area (Å²) in [6, 6.07) is 20.2. The van der Waals surface area contributed by atoms with Gasteiger partial charge in [0.2, 0.25) is 5.91 Å². The summed E-state index contributed by atoms with van der Waals surface area (Å²) in [4.78, 5) is 15.2. The Morgan fingerprint density at radius 2 is 1.91 bits per heavy atom. The highest BCUT2D eigenvalue weighted by Gasteiger charge is 2.30. The molecule has 0 aliphatic carbocycles. The molecular weight excluding hydrogens is 414 g/mol. The summed E-state index contributed by atoms with van der Waals surface area (Å²) >= 11 is 0. The summed E-state index contributed by atoms with van der Waals surface area (Å²) in [5.74, 6) is 2.53. The molecule has 33 heavy (non-hydrogen) atoms. The van der Waals surface area contributed by atoms with Crippen LogP contribution in [-0.2, 0) is 30.8 Å². The van der Waals surface area contributed by atoms with Crippen molar-refractivity contribution in [2.24, 2.45) is 11.8 Å². The normalized spacial score (nSPS) is 20.3. The van der Waals surface area contributed by atoms with Crippen molar-refractivity contribution in [1.82, 2.24) is 15.4 Å². The lowest BCUT2D eigenvalue weighted by Gasteiger charge is -2.34. The van der Waals surface area contributed by atoms with Crippen molar-refractivity contribution in [3.05, 3.63) is 83.2 Å². The van der Waals surface area contributed by atoms with E-state index in [1.165, 1.54) is 11.1 Å². The van der Waals surface area contributed by atoms with Crippen LogP contribution in [0.25, 0.3) is 0 Å². The van der Waals surface area contributed by atoms with Gasteiger partial charge in [0.05, 0.1) is 5.69 Å². The molecule has 5 rings (SSSR count). The Hall–Kier alpha value is -3.12. The van der Waals surface area contributed by atoms with Crippen LogP contribution in [-0.4, -0.2) is 35.6 Å². The number of amides is 1. The monoisotopic (exact) mass is 445 g/mol. The van der Waals surface area contributed by atoms with Crippen LogP contribution in [0.1, 0.15) is 35.4 Å². The SMILES string of the molecule is O=C(CC1CCNCC1Cc1cc(COc2ccccc2)on1)N1CCc2ccccc2C1. The number of nitrogens with zero attached hydrogens (tertiary/aromatic N) is 2. The van der Waals surface area contributed by atoms with Crippen LogP contribution in [0.3, 0.4) is 0 Å². The molecule has 2 unspecified atom stereocenters. The van der Waals surface area contributed by atoms with E-state index >= 15 is 0 Å². The van der Waals surface area contributed by atoms with E-state index in [0.29, 0.717) is 24.9 Å². The Morgan fingerprint density at radius 1 is 1.09 bits per heavy atom. The molecule has 1 N–H and O–H groups in total. The lowest BCUT2D eigenvalue weighted by Crippen LogP contribution is -2.42. The maximum atomic E-state index is 13.2. The number of nitrogens with one attached hydrogen (secondary N) is 1. The topological polar surface area (TPSA) is 67.6 Å². The number of carbonyl (C=O) groups excluding carboxylic acids is 1. The number of aromatic nitrogens is 1. The predicted octanol–water partition coefficient (Wildman–Crippen LogP) is 4.00. The van der Waals surface area contributed by atoms with Crippen molar-refractivity contribution in [1.29, 1.82) is 0 Å². The highest BCUT2D eigenvalue weighted by atomic mass is 16.5. The summed E-state index contributed by atoms with van der Waals surface area (Å²) in [5.41, 5.74) is 3.59. The summed E-state index contributed by atoms with van der Waals surface area (Å²) in [5, 5.41) is 7.77. The second-order valence-electron chi connectivity index (χ2n) is 9.14. The summed E-state index contributed by atoms with van der Waals surface area (Å²) < 4.78 is 11.3. The smallest absolute Gasteiger partial charge is 0.223 e. The third-order valence-corrected chi connectivity index (χ3v) is 6.89. The highest BCUT2D eigenvalue weighted by Crippen LogP contribution is 2.28. The van der Waals surface area contributed by atoms with Crippen LogP contribution >= 0.6 is 0 Å². The van der Waals surface area contributed by atoms with Gasteiger partial charge in [0, 0.05) is 25.6 Å². The van der Waals surface area contributed by atoms with E-state index in [9.17, 15) is 4.79 Å². The fourth-order valence-corrected chi connectivity index (χ4v) is 5.01. The average Bonchev–Trinajstić information content (AvgIpc) is 3.31. The van der Waals surface area contributed by atoms with Gasteiger partial charge in [-0.05, 0) is 67.4 Å². The molecule has 0 saturated carbocycles. The molecule has 6 heteroatoms. The van der Waals surface area contributed by atoms with Crippen LogP contribution in [0, 0.1) is 11.8 Å². The number of para-hydroxylation sites is 1. The molecule has 1 aromatic heterocycles. The first-order valence-electron chi connectivity index (χ1n) is 11.9. The molecule has 0 spiro atoms. The first-order valence-corrected chi connectivity index (χ1v) is 11.9.